The lowest BCUT2D eigenvalue weighted by Gasteiger charge is -2.49. The Bertz CT molecular complexity index is 303. The molecule has 0 radical (unpaired) electrons. The third-order valence-corrected chi connectivity index (χ3v) is 4.26. The van der Waals surface area contributed by atoms with Gasteiger partial charge in [0.25, 0.3) is 0 Å². The molecular formula is C14H20. The highest BCUT2D eigenvalue weighted by atomic mass is 14.5. The van der Waals surface area contributed by atoms with Crippen molar-refractivity contribution in [3.63, 3.8) is 0 Å². The molecule has 14 heavy (non-hydrogen) atoms. The fraction of sp³-hybridized carbons (Fsp3) is 0.571. The Morgan fingerprint density at radius 2 is 1.93 bits per heavy atom. The van der Waals surface area contributed by atoms with Crippen molar-refractivity contribution in [1.82, 2.24) is 0 Å². The van der Waals surface area contributed by atoms with E-state index in [1.807, 2.05) is 0 Å². The van der Waals surface area contributed by atoms with Crippen LogP contribution in [0.1, 0.15) is 33.6 Å². The van der Waals surface area contributed by atoms with Gasteiger partial charge in [0.05, 0.1) is 0 Å². The summed E-state index contributed by atoms with van der Waals surface area (Å²) in [6.07, 6.45) is 11.9. The lowest BCUT2D eigenvalue weighted by atomic mass is 9.55. The largest absolute Gasteiger partial charge is 0.0995 e. The highest BCUT2D eigenvalue weighted by Gasteiger charge is 2.44. The quantitative estimate of drug-likeness (QED) is 0.543. The average Bonchev–Trinajstić information content (AvgIpc) is 2.21. The van der Waals surface area contributed by atoms with Crippen molar-refractivity contribution in [1.29, 1.82) is 0 Å². The van der Waals surface area contributed by atoms with E-state index in [-0.39, 0.29) is 0 Å². The van der Waals surface area contributed by atoms with Gasteiger partial charge in [0.1, 0.15) is 0 Å². The van der Waals surface area contributed by atoms with Crippen LogP contribution >= 0.6 is 0 Å². The summed E-state index contributed by atoms with van der Waals surface area (Å²) in [6, 6.07) is 0. The van der Waals surface area contributed by atoms with Crippen LogP contribution in [0.3, 0.4) is 0 Å². The molecule has 2 rings (SSSR count). The van der Waals surface area contributed by atoms with Crippen molar-refractivity contribution >= 4 is 0 Å². The monoisotopic (exact) mass is 188 g/mol. The van der Waals surface area contributed by atoms with Gasteiger partial charge in [0.15, 0.2) is 0 Å². The van der Waals surface area contributed by atoms with Gasteiger partial charge in [-0.1, -0.05) is 57.2 Å². The van der Waals surface area contributed by atoms with Gasteiger partial charge >= 0.3 is 0 Å². The van der Waals surface area contributed by atoms with Crippen molar-refractivity contribution in [2.24, 2.45) is 16.7 Å². The molecule has 2 aliphatic carbocycles. The van der Waals surface area contributed by atoms with Crippen LogP contribution in [0.5, 0.6) is 0 Å². The van der Waals surface area contributed by atoms with E-state index >= 15 is 0 Å². The van der Waals surface area contributed by atoms with Gasteiger partial charge in [0.2, 0.25) is 0 Å². The molecule has 0 saturated heterocycles. The molecule has 0 nitrogen and oxygen atoms in total. The van der Waals surface area contributed by atoms with Crippen LogP contribution in [0.25, 0.3) is 0 Å². The molecule has 1 saturated carbocycles. The first-order valence-corrected chi connectivity index (χ1v) is 5.60. The Balaban J connectivity index is 2.20. The zero-order valence-electron chi connectivity index (χ0n) is 9.51. The predicted octanol–water partition coefficient (Wildman–Crippen LogP) is 4.11. The summed E-state index contributed by atoms with van der Waals surface area (Å²) in [7, 11) is 0. The zero-order chi connectivity index (χ0) is 10.4. The zero-order valence-corrected chi connectivity index (χ0v) is 9.51. The summed E-state index contributed by atoms with van der Waals surface area (Å²) in [6.45, 7) is 10.9. The molecular weight excluding hydrogens is 168 g/mol. The summed E-state index contributed by atoms with van der Waals surface area (Å²) in [5, 5.41) is 0. The maximum Gasteiger partial charge on any atom is 0.0161 e. The number of allylic oxidation sites excluding steroid dienone is 5. The third-order valence-electron chi connectivity index (χ3n) is 4.26. The molecule has 0 heterocycles. The van der Waals surface area contributed by atoms with Gasteiger partial charge in [0, 0.05) is 10.8 Å². The Kier molecular flexibility index (Phi) is 1.99. The van der Waals surface area contributed by atoms with E-state index in [4.69, 9.17) is 0 Å². The topological polar surface area (TPSA) is 0 Å². The Morgan fingerprint density at radius 3 is 2.29 bits per heavy atom. The highest BCUT2D eigenvalue weighted by Crippen LogP contribution is 2.54. The minimum absolute atomic E-state index is 0.294. The number of hydrogen-bond acceptors (Lipinski definition) is 0. The van der Waals surface area contributed by atoms with Crippen molar-refractivity contribution < 1.29 is 0 Å². The summed E-state index contributed by atoms with van der Waals surface area (Å²) in [4.78, 5) is 0. The van der Waals surface area contributed by atoms with Crippen LogP contribution < -0.4 is 0 Å². The van der Waals surface area contributed by atoms with E-state index in [1.165, 1.54) is 12.0 Å². The van der Waals surface area contributed by atoms with Gasteiger partial charge in [-0.15, -0.1) is 0 Å². The Morgan fingerprint density at radius 1 is 1.36 bits per heavy atom. The first kappa shape index (κ1) is 9.76. The lowest BCUT2D eigenvalue weighted by molar-refractivity contribution is 0.248. The Labute approximate surface area is 87.4 Å². The fourth-order valence-electron chi connectivity index (χ4n) is 2.39. The van der Waals surface area contributed by atoms with Crippen molar-refractivity contribution in [2.75, 3.05) is 0 Å². The second-order valence-electron chi connectivity index (χ2n) is 5.20. The van der Waals surface area contributed by atoms with E-state index in [0.29, 0.717) is 16.7 Å². The molecule has 0 heteroatoms. The summed E-state index contributed by atoms with van der Waals surface area (Å²) < 4.78 is 0. The number of rotatable bonds is 1. The summed E-state index contributed by atoms with van der Waals surface area (Å²) in [5.74, 6) is 0.636. The molecule has 1 fully saturated rings. The lowest BCUT2D eigenvalue weighted by Crippen LogP contribution is -2.39. The van der Waals surface area contributed by atoms with Crippen molar-refractivity contribution in [2.45, 2.75) is 33.6 Å². The summed E-state index contributed by atoms with van der Waals surface area (Å²) >= 11 is 0. The maximum atomic E-state index is 4.08. The van der Waals surface area contributed by atoms with Gasteiger partial charge in [-0.05, 0) is 18.8 Å². The average molecular weight is 188 g/mol. The number of hydrogen-bond donors (Lipinski definition) is 0. The first-order chi connectivity index (χ1) is 6.51. The Hall–Kier alpha value is -0.780. The summed E-state index contributed by atoms with van der Waals surface area (Å²) in [5.41, 5.74) is 2.02. The minimum Gasteiger partial charge on any atom is -0.0995 e. The molecule has 2 aliphatic rings. The van der Waals surface area contributed by atoms with Gasteiger partial charge in [-0.3, -0.25) is 0 Å². The normalized spacial score (nSPS) is 45.6. The molecule has 0 bridgehead atoms. The van der Waals surface area contributed by atoms with Crippen molar-refractivity contribution in [3.8, 4) is 0 Å². The van der Waals surface area contributed by atoms with E-state index in [0.717, 1.165) is 6.42 Å². The van der Waals surface area contributed by atoms with E-state index < -0.39 is 0 Å². The second kappa shape index (κ2) is 2.85. The van der Waals surface area contributed by atoms with Crippen LogP contribution in [-0.2, 0) is 0 Å². The van der Waals surface area contributed by atoms with Crippen LogP contribution in [0.2, 0.25) is 0 Å². The molecule has 1 unspecified atom stereocenters. The van der Waals surface area contributed by atoms with E-state index in [9.17, 15) is 0 Å². The smallest absolute Gasteiger partial charge is 0.0161 e. The van der Waals surface area contributed by atoms with Gasteiger partial charge in [-0.25, -0.2) is 0 Å². The van der Waals surface area contributed by atoms with Crippen LogP contribution in [0.4, 0.5) is 0 Å². The molecule has 0 aliphatic heterocycles. The molecule has 76 valence electrons. The molecule has 1 spiro atoms. The van der Waals surface area contributed by atoms with E-state index in [1.54, 1.807) is 0 Å². The van der Waals surface area contributed by atoms with Crippen LogP contribution in [0, 0.1) is 16.7 Å². The fourth-order valence-corrected chi connectivity index (χ4v) is 2.39. The van der Waals surface area contributed by atoms with Gasteiger partial charge in [-0.2, -0.15) is 0 Å². The standard InChI is InChI=1S/C14H20/c1-5-13(4)6-8-14(9-7-13)10-11(2)12(14)3/h6-9,12H,2,5,10H2,1,3-4H3. The molecule has 0 N–H and O–H groups in total. The van der Waals surface area contributed by atoms with Crippen LogP contribution in [0.15, 0.2) is 36.5 Å². The molecule has 0 amide bonds. The highest BCUT2D eigenvalue weighted by molar-refractivity contribution is 5.37. The van der Waals surface area contributed by atoms with Gasteiger partial charge < -0.3 is 0 Å². The second-order valence-corrected chi connectivity index (χ2v) is 5.20. The van der Waals surface area contributed by atoms with E-state index in [2.05, 4.69) is 51.7 Å². The molecule has 0 aromatic rings. The molecule has 0 aromatic carbocycles. The SMILES string of the molecule is C=C1CC2(C=CC(C)(CC)C=C2)C1C. The predicted molar refractivity (Wildman–Crippen MR) is 62.0 cm³/mol. The van der Waals surface area contributed by atoms with Crippen LogP contribution in [-0.4, -0.2) is 0 Å². The first-order valence-electron chi connectivity index (χ1n) is 5.60. The molecule has 1 atom stereocenters. The minimum atomic E-state index is 0.294. The third kappa shape index (κ3) is 1.20. The maximum absolute atomic E-state index is 4.08. The molecule has 0 aromatic heterocycles. The van der Waals surface area contributed by atoms with Crippen molar-refractivity contribution in [3.05, 3.63) is 36.5 Å².